The lowest BCUT2D eigenvalue weighted by Crippen LogP contribution is -2.44. The van der Waals surface area contributed by atoms with E-state index in [4.69, 9.17) is 4.74 Å². The van der Waals surface area contributed by atoms with E-state index in [0.717, 1.165) is 6.07 Å². The molecule has 2 heterocycles. The van der Waals surface area contributed by atoms with Crippen molar-refractivity contribution in [3.8, 4) is 0 Å². The summed E-state index contributed by atoms with van der Waals surface area (Å²) in [5, 5.41) is 4.41. The van der Waals surface area contributed by atoms with Gasteiger partial charge in [-0.2, -0.15) is 9.40 Å². The summed E-state index contributed by atoms with van der Waals surface area (Å²) < 4.78 is 50.2. The van der Waals surface area contributed by atoms with Crippen molar-refractivity contribution in [3.63, 3.8) is 0 Å². The first-order valence-electron chi connectivity index (χ1n) is 9.43. The molecule has 1 unspecified atom stereocenters. The molecule has 0 saturated heterocycles. The Labute approximate surface area is 173 Å². The van der Waals surface area contributed by atoms with Crippen molar-refractivity contribution in [3.05, 3.63) is 82.3 Å². The van der Waals surface area contributed by atoms with Crippen molar-refractivity contribution in [2.45, 2.75) is 24.0 Å². The Balaban J connectivity index is 1.87. The number of ether oxygens (including phenoxy) is 1. The van der Waals surface area contributed by atoms with Gasteiger partial charge in [0.05, 0.1) is 13.2 Å². The Hall–Kier alpha value is -2.82. The van der Waals surface area contributed by atoms with Crippen LogP contribution in [0.1, 0.15) is 17.4 Å². The molecule has 0 spiro atoms. The van der Waals surface area contributed by atoms with Crippen LogP contribution in [-0.2, 0) is 27.8 Å². The maximum absolute atomic E-state index is 14.4. The number of halogens is 1. The molecular formula is C20H21FN4O4S. The van der Waals surface area contributed by atoms with Gasteiger partial charge in [-0.1, -0.05) is 42.5 Å². The number of fused-ring (bicyclic) bond motifs is 1. The summed E-state index contributed by atoms with van der Waals surface area (Å²) in [4.78, 5) is 12.4. The van der Waals surface area contributed by atoms with E-state index in [9.17, 15) is 17.6 Å². The minimum atomic E-state index is -4.18. The van der Waals surface area contributed by atoms with Crippen LogP contribution in [0.2, 0.25) is 0 Å². The van der Waals surface area contributed by atoms with Crippen molar-refractivity contribution in [1.82, 2.24) is 18.7 Å². The molecule has 1 aromatic heterocycles. The topological polar surface area (TPSA) is 86.4 Å². The smallest absolute Gasteiger partial charge is 0.346 e. The van der Waals surface area contributed by atoms with E-state index in [-0.39, 0.29) is 25.3 Å². The third-order valence-corrected chi connectivity index (χ3v) is 6.97. The molecule has 0 N–H and O–H groups in total. The molecule has 30 heavy (non-hydrogen) atoms. The van der Waals surface area contributed by atoms with Crippen LogP contribution in [-0.4, -0.2) is 47.3 Å². The zero-order chi connectivity index (χ0) is 21.3. The van der Waals surface area contributed by atoms with Gasteiger partial charge in [-0.15, -0.1) is 0 Å². The average Bonchev–Trinajstić information content (AvgIpc) is 3.08. The fraction of sp³-hybridized carbons (Fsp3) is 0.300. The van der Waals surface area contributed by atoms with Crippen LogP contribution in [0.25, 0.3) is 0 Å². The van der Waals surface area contributed by atoms with E-state index >= 15 is 0 Å². The molecule has 3 aromatic rings. The Morgan fingerprint density at radius 1 is 1.10 bits per heavy atom. The molecule has 1 aliphatic heterocycles. The second-order valence-corrected chi connectivity index (χ2v) is 8.73. The average molecular weight is 432 g/mol. The van der Waals surface area contributed by atoms with Crippen molar-refractivity contribution < 1.29 is 17.5 Å². The number of benzene rings is 2. The Morgan fingerprint density at radius 2 is 1.80 bits per heavy atom. The van der Waals surface area contributed by atoms with Gasteiger partial charge in [0.25, 0.3) is 0 Å². The summed E-state index contributed by atoms with van der Waals surface area (Å²) >= 11 is 0. The summed E-state index contributed by atoms with van der Waals surface area (Å²) in [6.07, 6.45) is 0. The molecule has 0 saturated carbocycles. The molecule has 0 bridgehead atoms. The van der Waals surface area contributed by atoms with Gasteiger partial charge in [-0.3, -0.25) is 4.57 Å². The van der Waals surface area contributed by atoms with Crippen LogP contribution in [0.15, 0.2) is 64.3 Å². The Bertz CT molecular complexity index is 1210. The normalized spacial score (nSPS) is 17.1. The largest absolute Gasteiger partial charge is 0.383 e. The predicted octanol–water partition coefficient (Wildman–Crippen LogP) is 1.62. The van der Waals surface area contributed by atoms with Crippen LogP contribution in [0.4, 0.5) is 4.39 Å². The van der Waals surface area contributed by atoms with Gasteiger partial charge in [0.1, 0.15) is 16.8 Å². The van der Waals surface area contributed by atoms with Gasteiger partial charge in [0.15, 0.2) is 5.82 Å². The highest BCUT2D eigenvalue weighted by Gasteiger charge is 2.41. The maximum Gasteiger partial charge on any atom is 0.346 e. The van der Waals surface area contributed by atoms with E-state index in [2.05, 4.69) is 5.10 Å². The predicted molar refractivity (Wildman–Crippen MR) is 107 cm³/mol. The first kappa shape index (κ1) is 20.5. The number of methoxy groups -OCH3 is 1. The minimum Gasteiger partial charge on any atom is -0.383 e. The standard InChI is InChI=1S/C20H21FN4O4S/c1-29-14-13-24-20(26)23-11-12-25(30(27,28)17-10-6-5-9-16(17)21)18(19(23)22-24)15-7-3-2-4-8-15/h2-10,18H,11-14H2,1H3. The van der Waals surface area contributed by atoms with Crippen molar-refractivity contribution >= 4 is 10.0 Å². The highest BCUT2D eigenvalue weighted by Crippen LogP contribution is 2.35. The summed E-state index contributed by atoms with van der Waals surface area (Å²) in [6, 6.07) is 13.3. The third kappa shape index (κ3) is 3.47. The fourth-order valence-corrected chi connectivity index (χ4v) is 5.27. The maximum atomic E-state index is 14.4. The summed E-state index contributed by atoms with van der Waals surface area (Å²) in [7, 11) is -2.66. The SMILES string of the molecule is COCCn1nc2n(c1=O)CCN(S(=O)(=O)c1ccccc1F)C2c1ccccc1. The second kappa shape index (κ2) is 8.13. The summed E-state index contributed by atoms with van der Waals surface area (Å²) in [6.45, 7) is 0.678. The molecule has 0 radical (unpaired) electrons. The molecule has 0 aliphatic carbocycles. The van der Waals surface area contributed by atoms with E-state index < -0.39 is 26.8 Å². The van der Waals surface area contributed by atoms with E-state index in [1.807, 2.05) is 6.07 Å². The first-order chi connectivity index (χ1) is 14.4. The molecule has 1 atom stereocenters. The summed E-state index contributed by atoms with van der Waals surface area (Å²) in [5.41, 5.74) is 0.313. The number of hydrogen-bond donors (Lipinski definition) is 0. The lowest BCUT2D eigenvalue weighted by Gasteiger charge is -2.34. The second-order valence-electron chi connectivity index (χ2n) is 6.87. The van der Waals surface area contributed by atoms with Crippen molar-refractivity contribution in [2.75, 3.05) is 20.3 Å². The van der Waals surface area contributed by atoms with E-state index in [1.165, 1.54) is 38.9 Å². The van der Waals surface area contributed by atoms with Gasteiger partial charge in [-0.05, 0) is 17.7 Å². The molecule has 158 valence electrons. The number of nitrogens with zero attached hydrogens (tertiary/aromatic N) is 4. The molecular weight excluding hydrogens is 411 g/mol. The van der Waals surface area contributed by atoms with Gasteiger partial charge < -0.3 is 4.74 Å². The monoisotopic (exact) mass is 432 g/mol. The lowest BCUT2D eigenvalue weighted by atomic mass is 10.1. The zero-order valence-electron chi connectivity index (χ0n) is 16.3. The quantitative estimate of drug-likeness (QED) is 0.591. The van der Waals surface area contributed by atoms with Gasteiger partial charge >= 0.3 is 5.69 Å². The minimum absolute atomic E-state index is 0.0130. The highest BCUT2D eigenvalue weighted by molar-refractivity contribution is 7.89. The Kier molecular flexibility index (Phi) is 5.54. The first-order valence-corrected chi connectivity index (χ1v) is 10.9. The van der Waals surface area contributed by atoms with Crippen LogP contribution >= 0.6 is 0 Å². The van der Waals surface area contributed by atoms with Crippen LogP contribution in [0, 0.1) is 5.82 Å². The number of rotatable bonds is 6. The van der Waals surface area contributed by atoms with Gasteiger partial charge in [-0.25, -0.2) is 22.3 Å². The van der Waals surface area contributed by atoms with E-state index in [0.29, 0.717) is 18.0 Å². The van der Waals surface area contributed by atoms with Crippen LogP contribution in [0.3, 0.4) is 0 Å². The Morgan fingerprint density at radius 3 is 2.50 bits per heavy atom. The summed E-state index contributed by atoms with van der Waals surface area (Å²) in [5.74, 6) is -0.522. The van der Waals surface area contributed by atoms with Crippen LogP contribution in [0.5, 0.6) is 0 Å². The molecule has 4 rings (SSSR count). The van der Waals surface area contributed by atoms with Crippen LogP contribution < -0.4 is 5.69 Å². The van der Waals surface area contributed by atoms with Gasteiger partial charge in [0.2, 0.25) is 10.0 Å². The molecule has 8 nitrogen and oxygen atoms in total. The highest BCUT2D eigenvalue weighted by atomic mass is 32.2. The van der Waals surface area contributed by atoms with Crippen molar-refractivity contribution in [2.24, 2.45) is 0 Å². The molecule has 10 heteroatoms. The van der Waals surface area contributed by atoms with E-state index in [1.54, 1.807) is 24.3 Å². The zero-order valence-corrected chi connectivity index (χ0v) is 17.1. The number of aromatic nitrogens is 3. The molecule has 1 aliphatic rings. The number of sulfonamides is 1. The molecule has 0 amide bonds. The number of hydrogen-bond acceptors (Lipinski definition) is 5. The van der Waals surface area contributed by atoms with Crippen molar-refractivity contribution in [1.29, 1.82) is 0 Å². The molecule has 2 aromatic carbocycles. The molecule has 0 fully saturated rings. The lowest BCUT2D eigenvalue weighted by molar-refractivity contribution is 0.182. The fourth-order valence-electron chi connectivity index (χ4n) is 3.64. The van der Waals surface area contributed by atoms with Gasteiger partial charge in [0, 0.05) is 20.2 Å². The third-order valence-electron chi connectivity index (χ3n) is 5.07.